The number of ketones is 1. The van der Waals surface area contributed by atoms with E-state index >= 15 is 0 Å². The number of aromatic nitrogens is 1. The predicted octanol–water partition coefficient (Wildman–Crippen LogP) is 6.89. The molecule has 34 heavy (non-hydrogen) atoms. The molecule has 0 spiro atoms. The van der Waals surface area contributed by atoms with Crippen molar-refractivity contribution in [1.82, 2.24) is 4.98 Å². The number of carbonyl (C=O) groups is 1. The van der Waals surface area contributed by atoms with Gasteiger partial charge >= 0.3 is 6.18 Å². The second kappa shape index (κ2) is 11.3. The fourth-order valence-electron chi connectivity index (χ4n) is 3.73. The molecule has 188 valence electrons. The maximum atomic E-state index is 12.7. The van der Waals surface area contributed by atoms with Crippen LogP contribution < -0.4 is 4.74 Å². The molecule has 1 N–H and O–H groups in total. The molecule has 1 aliphatic rings. The number of Topliss-reactive ketones (excluding diaryl/α,β-unsaturated/α-hetero) is 1. The van der Waals surface area contributed by atoms with Gasteiger partial charge in [0.2, 0.25) is 5.88 Å². The van der Waals surface area contributed by atoms with Gasteiger partial charge in [-0.05, 0) is 68.2 Å². The number of hydrogen-bond acceptors (Lipinski definition) is 4. The quantitative estimate of drug-likeness (QED) is 0.419. The van der Waals surface area contributed by atoms with Crippen LogP contribution in [0.3, 0.4) is 0 Å². The lowest BCUT2D eigenvalue weighted by Crippen LogP contribution is -2.29. The topological polar surface area (TPSA) is 59.4 Å². The van der Waals surface area contributed by atoms with Gasteiger partial charge in [0, 0.05) is 23.2 Å². The summed E-state index contributed by atoms with van der Waals surface area (Å²) in [5, 5.41) is 9.50. The molecule has 0 aliphatic heterocycles. The molecule has 1 atom stereocenters. The average Bonchev–Trinajstić information content (AvgIpc) is 3.61. The van der Waals surface area contributed by atoms with Crippen LogP contribution >= 0.6 is 0 Å². The number of aryl methyl sites for hydroxylation is 1. The molecule has 1 saturated carbocycles. The highest BCUT2D eigenvalue weighted by Crippen LogP contribution is 2.41. The first kappa shape index (κ1) is 27.8. The van der Waals surface area contributed by atoms with Crippen molar-refractivity contribution < 1.29 is 27.8 Å². The van der Waals surface area contributed by atoms with Gasteiger partial charge in [-0.15, -0.1) is 0 Å². The van der Waals surface area contributed by atoms with E-state index < -0.39 is 18.4 Å². The minimum atomic E-state index is -4.46. The van der Waals surface area contributed by atoms with E-state index in [4.69, 9.17) is 4.74 Å². The van der Waals surface area contributed by atoms with Crippen LogP contribution in [0.1, 0.15) is 70.3 Å². The van der Waals surface area contributed by atoms with Crippen molar-refractivity contribution in [2.75, 3.05) is 6.61 Å². The Hall–Kier alpha value is -2.41. The molecule has 0 amide bonds. The van der Waals surface area contributed by atoms with Crippen LogP contribution in [0.2, 0.25) is 0 Å². The molecule has 0 radical (unpaired) electrons. The lowest BCUT2D eigenvalue weighted by atomic mass is 9.88. The maximum absolute atomic E-state index is 12.7. The Kier molecular flexibility index (Phi) is 9.29. The second-order valence-electron chi connectivity index (χ2n) is 9.75. The van der Waals surface area contributed by atoms with Crippen molar-refractivity contribution in [1.29, 1.82) is 0 Å². The lowest BCUT2D eigenvalue weighted by Gasteiger charge is -2.25. The highest BCUT2D eigenvalue weighted by Gasteiger charge is 2.36. The summed E-state index contributed by atoms with van der Waals surface area (Å²) >= 11 is 0. The first-order valence-corrected chi connectivity index (χ1v) is 11.8. The van der Waals surface area contributed by atoms with Gasteiger partial charge in [-0.25, -0.2) is 4.98 Å². The summed E-state index contributed by atoms with van der Waals surface area (Å²) in [4.78, 5) is 16.6. The van der Waals surface area contributed by atoms with E-state index in [1.165, 1.54) is 19.0 Å². The van der Waals surface area contributed by atoms with E-state index in [0.29, 0.717) is 29.0 Å². The van der Waals surface area contributed by atoms with Crippen molar-refractivity contribution >= 4 is 5.78 Å². The Labute approximate surface area is 200 Å². The van der Waals surface area contributed by atoms with E-state index in [-0.39, 0.29) is 17.6 Å². The standard InChI is InChI=1S/C19H20F3NO2.C8H16O/c1-4-13-7-5-8-14(16(13)17(24)12(2)3)15-9-6-10-23-18(15)25-11-19(20,21)22;1-6(7-4-5-7)8(2,3)9/h5-10,12H,4,11H2,1-3H3;6-7,9H,4-5H2,1-3H3. The van der Waals surface area contributed by atoms with E-state index in [2.05, 4.69) is 11.9 Å². The van der Waals surface area contributed by atoms with Crippen LogP contribution in [0.15, 0.2) is 36.5 Å². The molecule has 4 nitrogen and oxygen atoms in total. The van der Waals surface area contributed by atoms with Gasteiger partial charge < -0.3 is 9.84 Å². The van der Waals surface area contributed by atoms with Crippen molar-refractivity contribution in [2.24, 2.45) is 17.8 Å². The molecule has 1 unspecified atom stereocenters. The van der Waals surface area contributed by atoms with Crippen LogP contribution in [0.4, 0.5) is 13.2 Å². The summed E-state index contributed by atoms with van der Waals surface area (Å²) in [6, 6.07) is 8.58. The van der Waals surface area contributed by atoms with Gasteiger partial charge in [-0.1, -0.05) is 45.9 Å². The minimum absolute atomic E-state index is 0.0573. The third-order valence-electron chi connectivity index (χ3n) is 6.18. The predicted molar refractivity (Wildman–Crippen MR) is 128 cm³/mol. The summed E-state index contributed by atoms with van der Waals surface area (Å²) < 4.78 is 42.4. The Bertz CT molecular complexity index is 960. The Morgan fingerprint density at radius 1 is 1.12 bits per heavy atom. The van der Waals surface area contributed by atoms with Crippen LogP contribution in [0.25, 0.3) is 11.1 Å². The Morgan fingerprint density at radius 3 is 2.21 bits per heavy atom. The highest BCUT2D eigenvalue weighted by atomic mass is 19.4. The molecule has 3 rings (SSSR count). The number of carbonyl (C=O) groups excluding carboxylic acids is 1. The lowest BCUT2D eigenvalue weighted by molar-refractivity contribution is -0.154. The Morgan fingerprint density at radius 2 is 1.74 bits per heavy atom. The normalized spacial score (nSPS) is 14.9. The number of hydrogen-bond donors (Lipinski definition) is 1. The van der Waals surface area contributed by atoms with E-state index in [0.717, 1.165) is 11.5 Å². The number of halogens is 3. The summed E-state index contributed by atoms with van der Waals surface area (Å²) in [6.07, 6.45) is 0.191. The maximum Gasteiger partial charge on any atom is 0.422 e. The molecule has 0 bridgehead atoms. The van der Waals surface area contributed by atoms with Gasteiger partial charge in [0.25, 0.3) is 0 Å². The van der Waals surface area contributed by atoms with Crippen molar-refractivity contribution in [3.8, 4) is 17.0 Å². The first-order chi connectivity index (χ1) is 15.8. The zero-order valence-corrected chi connectivity index (χ0v) is 20.9. The molecule has 1 aliphatic carbocycles. The summed E-state index contributed by atoms with van der Waals surface area (Å²) in [5.74, 6) is 0.870. The number of alkyl halides is 3. The molecular weight excluding hydrogens is 443 g/mol. The first-order valence-electron chi connectivity index (χ1n) is 11.8. The zero-order chi connectivity index (χ0) is 25.7. The number of benzene rings is 1. The van der Waals surface area contributed by atoms with Crippen LogP contribution in [-0.4, -0.2) is 34.3 Å². The fraction of sp³-hybridized carbons (Fsp3) is 0.556. The Balaban J connectivity index is 0.000000379. The summed E-state index contributed by atoms with van der Waals surface area (Å²) in [7, 11) is 0. The summed E-state index contributed by atoms with van der Waals surface area (Å²) in [5.41, 5.74) is 1.84. The second-order valence-corrected chi connectivity index (χ2v) is 9.75. The molecule has 1 aromatic heterocycles. The number of nitrogens with zero attached hydrogens (tertiary/aromatic N) is 1. The number of ether oxygens (including phenoxy) is 1. The molecule has 1 heterocycles. The molecule has 7 heteroatoms. The third kappa shape index (κ3) is 7.83. The number of rotatable bonds is 8. The van der Waals surface area contributed by atoms with Crippen LogP contribution in [0, 0.1) is 17.8 Å². The van der Waals surface area contributed by atoms with Gasteiger partial charge in [-0.2, -0.15) is 13.2 Å². The molecule has 1 fully saturated rings. The molecule has 1 aromatic carbocycles. The minimum Gasteiger partial charge on any atom is -0.468 e. The van der Waals surface area contributed by atoms with Crippen molar-refractivity contribution in [3.05, 3.63) is 47.7 Å². The van der Waals surface area contributed by atoms with Gasteiger partial charge in [0.15, 0.2) is 12.4 Å². The van der Waals surface area contributed by atoms with Crippen molar-refractivity contribution in [3.63, 3.8) is 0 Å². The molecular formula is C27H36F3NO3. The van der Waals surface area contributed by atoms with Crippen molar-refractivity contribution in [2.45, 2.75) is 72.6 Å². The van der Waals surface area contributed by atoms with Gasteiger partial charge in [0.05, 0.1) is 5.60 Å². The van der Waals surface area contributed by atoms with Crippen LogP contribution in [0.5, 0.6) is 5.88 Å². The highest BCUT2D eigenvalue weighted by molar-refractivity contribution is 6.05. The van der Waals surface area contributed by atoms with Gasteiger partial charge in [0.1, 0.15) is 0 Å². The van der Waals surface area contributed by atoms with E-state index in [1.807, 2.05) is 26.8 Å². The molecule has 2 aromatic rings. The fourth-order valence-corrected chi connectivity index (χ4v) is 3.73. The average molecular weight is 480 g/mol. The van der Waals surface area contributed by atoms with Crippen LogP contribution in [-0.2, 0) is 6.42 Å². The number of aliphatic hydroxyl groups is 1. The third-order valence-corrected chi connectivity index (χ3v) is 6.18. The van der Waals surface area contributed by atoms with E-state index in [9.17, 15) is 23.1 Å². The summed E-state index contributed by atoms with van der Waals surface area (Å²) in [6.45, 7) is 10.0. The largest absolute Gasteiger partial charge is 0.468 e. The van der Waals surface area contributed by atoms with E-state index in [1.54, 1.807) is 38.1 Å². The SMILES string of the molecule is CC(C1CC1)C(C)(C)O.CCc1cccc(-c2cccnc2OCC(F)(F)F)c1C(=O)C(C)C. The smallest absolute Gasteiger partial charge is 0.422 e. The zero-order valence-electron chi connectivity index (χ0n) is 20.9. The monoisotopic (exact) mass is 479 g/mol. The number of pyridine rings is 1. The van der Waals surface area contributed by atoms with Gasteiger partial charge in [-0.3, -0.25) is 4.79 Å². The molecule has 0 saturated heterocycles.